The van der Waals surface area contributed by atoms with Crippen molar-refractivity contribution in [2.75, 3.05) is 23.3 Å². The molecule has 1 aliphatic rings. The van der Waals surface area contributed by atoms with Crippen LogP contribution in [-0.2, 0) is 7.05 Å². The topological polar surface area (TPSA) is 37.3 Å². The molecule has 6 heteroatoms. The van der Waals surface area contributed by atoms with Crippen molar-refractivity contribution in [3.05, 3.63) is 59.8 Å². The van der Waals surface area contributed by atoms with Crippen LogP contribution in [0.4, 0.5) is 20.2 Å². The normalized spacial score (nSPS) is 14.2. The third-order valence-corrected chi connectivity index (χ3v) is 4.84. The molecule has 1 fully saturated rings. The summed E-state index contributed by atoms with van der Waals surface area (Å²) < 4.78 is 30.7. The molecule has 0 spiro atoms. The van der Waals surface area contributed by atoms with Crippen LogP contribution in [0.2, 0.25) is 0 Å². The Bertz CT molecular complexity index is 967. The molecule has 1 N–H and O–H groups in total. The summed E-state index contributed by atoms with van der Waals surface area (Å²) in [5.41, 5.74) is 1.48. The third kappa shape index (κ3) is 2.81. The number of anilines is 2. The number of halogens is 2. The van der Waals surface area contributed by atoms with Gasteiger partial charge in [0.15, 0.2) is 11.6 Å². The average molecular weight is 355 g/mol. The Morgan fingerprint density at radius 3 is 2.42 bits per heavy atom. The lowest BCUT2D eigenvalue weighted by Gasteiger charge is -2.19. The van der Waals surface area contributed by atoms with Crippen molar-refractivity contribution in [2.24, 2.45) is 7.05 Å². The van der Waals surface area contributed by atoms with Gasteiger partial charge in [0.2, 0.25) is 0 Å². The summed E-state index contributed by atoms with van der Waals surface area (Å²) >= 11 is 0. The Morgan fingerprint density at radius 1 is 1.08 bits per heavy atom. The van der Waals surface area contributed by atoms with E-state index in [9.17, 15) is 13.6 Å². The minimum atomic E-state index is -0.653. The Balaban J connectivity index is 1.63. The molecule has 134 valence electrons. The second-order valence-electron chi connectivity index (χ2n) is 6.61. The highest BCUT2D eigenvalue weighted by Gasteiger charge is 2.22. The number of amides is 1. The summed E-state index contributed by atoms with van der Waals surface area (Å²) in [6.45, 7) is 1.30. The molecular weight excluding hydrogens is 336 g/mol. The van der Waals surface area contributed by atoms with Gasteiger partial charge in [-0.25, -0.2) is 8.78 Å². The zero-order valence-corrected chi connectivity index (χ0v) is 14.4. The molecule has 2 aromatic carbocycles. The first-order valence-electron chi connectivity index (χ1n) is 8.64. The van der Waals surface area contributed by atoms with E-state index < -0.39 is 17.5 Å². The Hall–Kier alpha value is -2.89. The average Bonchev–Trinajstić information content (AvgIpc) is 3.23. The molecular formula is C20H19F2N3O. The minimum absolute atomic E-state index is 0.00865. The monoisotopic (exact) mass is 355 g/mol. The molecule has 0 radical (unpaired) electrons. The summed E-state index contributed by atoms with van der Waals surface area (Å²) in [7, 11) is 1.85. The van der Waals surface area contributed by atoms with Gasteiger partial charge in [0.05, 0.1) is 5.56 Å². The van der Waals surface area contributed by atoms with Gasteiger partial charge < -0.3 is 14.8 Å². The van der Waals surface area contributed by atoms with Crippen LogP contribution in [0.1, 0.15) is 23.2 Å². The van der Waals surface area contributed by atoms with Crippen LogP contribution in [0, 0.1) is 11.6 Å². The molecule has 1 aromatic heterocycles. The fraction of sp³-hybridized carbons (Fsp3) is 0.250. The quantitative estimate of drug-likeness (QED) is 0.760. The van der Waals surface area contributed by atoms with Crippen LogP contribution in [0.15, 0.2) is 42.6 Å². The zero-order valence-electron chi connectivity index (χ0n) is 14.4. The van der Waals surface area contributed by atoms with Gasteiger partial charge in [-0.3, -0.25) is 4.79 Å². The molecule has 4 rings (SSSR count). The van der Waals surface area contributed by atoms with Crippen molar-refractivity contribution in [3.63, 3.8) is 0 Å². The maximum atomic E-state index is 14.4. The van der Waals surface area contributed by atoms with E-state index in [0.717, 1.165) is 23.7 Å². The number of hydrogen-bond donors (Lipinski definition) is 1. The molecule has 1 aliphatic heterocycles. The van der Waals surface area contributed by atoms with Gasteiger partial charge in [0, 0.05) is 42.9 Å². The maximum absolute atomic E-state index is 14.4. The van der Waals surface area contributed by atoms with Gasteiger partial charge >= 0.3 is 0 Å². The van der Waals surface area contributed by atoms with E-state index in [1.807, 2.05) is 35.9 Å². The largest absolute Gasteiger partial charge is 0.367 e. The number of nitrogens with one attached hydrogen (secondary N) is 1. The fourth-order valence-corrected chi connectivity index (χ4v) is 3.60. The first kappa shape index (κ1) is 16.6. The van der Waals surface area contributed by atoms with Crippen LogP contribution in [0.25, 0.3) is 10.9 Å². The molecule has 0 unspecified atom stereocenters. The summed E-state index contributed by atoms with van der Waals surface area (Å²) in [5.74, 6) is -1.70. The number of carbonyl (C=O) groups is 1. The number of para-hydroxylation sites is 1. The van der Waals surface area contributed by atoms with Crippen molar-refractivity contribution in [1.82, 2.24) is 4.57 Å². The number of benzene rings is 2. The van der Waals surface area contributed by atoms with E-state index >= 15 is 0 Å². The van der Waals surface area contributed by atoms with E-state index in [-0.39, 0.29) is 11.4 Å². The first-order valence-corrected chi connectivity index (χ1v) is 8.64. The number of aryl methyl sites for hydroxylation is 1. The van der Waals surface area contributed by atoms with E-state index in [4.69, 9.17) is 0 Å². The van der Waals surface area contributed by atoms with E-state index in [1.54, 1.807) is 11.1 Å². The van der Waals surface area contributed by atoms with Crippen molar-refractivity contribution in [1.29, 1.82) is 0 Å². The Kier molecular flexibility index (Phi) is 4.11. The van der Waals surface area contributed by atoms with E-state index in [0.29, 0.717) is 18.7 Å². The summed E-state index contributed by atoms with van der Waals surface area (Å²) in [4.78, 5) is 14.3. The van der Waals surface area contributed by atoms with Crippen molar-refractivity contribution in [3.8, 4) is 0 Å². The molecule has 3 aromatic rings. The predicted octanol–water partition coefficient (Wildman–Crippen LogP) is 4.31. The summed E-state index contributed by atoms with van der Waals surface area (Å²) in [5, 5.41) is 3.41. The van der Waals surface area contributed by atoms with Gasteiger partial charge in [-0.2, -0.15) is 0 Å². The Morgan fingerprint density at radius 2 is 1.73 bits per heavy atom. The smallest absolute Gasteiger partial charge is 0.257 e. The molecule has 4 nitrogen and oxygen atoms in total. The number of carbonyl (C=O) groups excluding carboxylic acids is 1. The van der Waals surface area contributed by atoms with Gasteiger partial charge in [0.25, 0.3) is 5.91 Å². The van der Waals surface area contributed by atoms with Crippen molar-refractivity contribution >= 4 is 28.2 Å². The lowest BCUT2D eigenvalue weighted by molar-refractivity contribution is 0.102. The highest BCUT2D eigenvalue weighted by Crippen LogP contribution is 2.30. The first-order chi connectivity index (χ1) is 12.5. The molecule has 0 atom stereocenters. The molecule has 26 heavy (non-hydrogen) atoms. The highest BCUT2D eigenvalue weighted by molar-refractivity contribution is 6.13. The highest BCUT2D eigenvalue weighted by atomic mass is 19.1. The number of aromatic nitrogens is 1. The lowest BCUT2D eigenvalue weighted by Crippen LogP contribution is -2.21. The van der Waals surface area contributed by atoms with Gasteiger partial charge in [0.1, 0.15) is 5.69 Å². The fourth-order valence-electron chi connectivity index (χ4n) is 3.60. The third-order valence-electron chi connectivity index (χ3n) is 4.84. The number of rotatable bonds is 3. The van der Waals surface area contributed by atoms with Gasteiger partial charge in [-0.05, 0) is 31.0 Å². The maximum Gasteiger partial charge on any atom is 0.257 e. The molecule has 1 saturated heterocycles. The second-order valence-corrected chi connectivity index (χ2v) is 6.61. The second kappa shape index (κ2) is 6.44. The minimum Gasteiger partial charge on any atom is -0.367 e. The van der Waals surface area contributed by atoms with E-state index in [1.165, 1.54) is 12.1 Å². The summed E-state index contributed by atoms with van der Waals surface area (Å²) in [6, 6.07) is 9.87. The van der Waals surface area contributed by atoms with Crippen LogP contribution in [0.3, 0.4) is 0 Å². The zero-order chi connectivity index (χ0) is 18.3. The molecule has 1 amide bonds. The molecule has 2 heterocycles. The number of fused-ring (bicyclic) bond motifs is 1. The van der Waals surface area contributed by atoms with Gasteiger partial charge in [-0.1, -0.05) is 18.2 Å². The molecule has 0 bridgehead atoms. The molecule has 0 aliphatic carbocycles. The van der Waals surface area contributed by atoms with E-state index in [2.05, 4.69) is 5.32 Å². The standard InChI is InChI=1S/C20H19F2N3O/c1-24-12-15(14-6-2-3-7-18(14)24)20(26)23-13-10-16(21)19(17(22)11-13)25-8-4-5-9-25/h2-3,6-7,10-12H,4-5,8-9H2,1H3,(H,23,26). The van der Waals surface area contributed by atoms with Crippen molar-refractivity contribution in [2.45, 2.75) is 12.8 Å². The van der Waals surface area contributed by atoms with Crippen LogP contribution < -0.4 is 10.2 Å². The number of hydrogen-bond acceptors (Lipinski definition) is 2. The lowest BCUT2D eigenvalue weighted by atomic mass is 10.1. The predicted molar refractivity (Wildman–Crippen MR) is 98.7 cm³/mol. The van der Waals surface area contributed by atoms with Crippen LogP contribution in [-0.4, -0.2) is 23.6 Å². The van der Waals surface area contributed by atoms with Crippen molar-refractivity contribution < 1.29 is 13.6 Å². The molecule has 0 saturated carbocycles. The van der Waals surface area contributed by atoms with Crippen LogP contribution >= 0.6 is 0 Å². The SMILES string of the molecule is Cn1cc(C(=O)Nc2cc(F)c(N3CCCC3)c(F)c2)c2ccccc21. The summed E-state index contributed by atoms with van der Waals surface area (Å²) in [6.07, 6.45) is 3.57. The van der Waals surface area contributed by atoms with Crippen LogP contribution in [0.5, 0.6) is 0 Å². The van der Waals surface area contributed by atoms with Gasteiger partial charge in [-0.15, -0.1) is 0 Å². The Labute approximate surface area is 150 Å². The number of nitrogens with zero attached hydrogens (tertiary/aromatic N) is 2.